The van der Waals surface area contributed by atoms with E-state index in [1.165, 1.54) is 30.7 Å². The Kier molecular flexibility index (Phi) is 5.43. The van der Waals surface area contributed by atoms with Crippen molar-refractivity contribution in [2.24, 2.45) is 0 Å². The number of allylic oxidation sites excluding steroid dienone is 1. The molecular weight excluding hydrogens is 319 g/mol. The second kappa shape index (κ2) is 6.89. The van der Waals surface area contributed by atoms with E-state index >= 15 is 0 Å². The fraction of sp³-hybridized carbons (Fsp3) is 0.462. The van der Waals surface area contributed by atoms with Crippen molar-refractivity contribution in [2.45, 2.75) is 37.0 Å². The fourth-order valence-corrected chi connectivity index (χ4v) is 3.45. The minimum absolute atomic E-state index is 0.0320. The topological polar surface area (TPSA) is 59.1 Å². The van der Waals surface area contributed by atoms with Crippen LogP contribution < -0.4 is 4.72 Å². The third-order valence-corrected chi connectivity index (χ3v) is 5.32. The van der Waals surface area contributed by atoms with Gasteiger partial charge >= 0.3 is 0 Å². The summed E-state index contributed by atoms with van der Waals surface area (Å²) in [5.41, 5.74) is 1.33. The molecule has 0 saturated carbocycles. The van der Waals surface area contributed by atoms with Gasteiger partial charge in [-0.05, 0) is 38.2 Å². The van der Waals surface area contributed by atoms with E-state index in [9.17, 15) is 8.42 Å². The quantitative estimate of drug-likeness (QED) is 0.661. The van der Waals surface area contributed by atoms with Gasteiger partial charge in [-0.15, -0.1) is 0 Å². The molecule has 4 nitrogen and oxygen atoms in total. The molecule has 0 aromatic carbocycles. The molecule has 0 atom stereocenters. The molecule has 0 amide bonds. The largest absolute Gasteiger partial charge is 0.242 e. The average Bonchev–Trinajstić information content (AvgIpc) is 2.43. The molecule has 20 heavy (non-hydrogen) atoms. The Balaban J connectivity index is 1.96. The zero-order valence-electron chi connectivity index (χ0n) is 10.9. The third-order valence-electron chi connectivity index (χ3n) is 3.20. The highest BCUT2D eigenvalue weighted by atomic mass is 35.5. The van der Waals surface area contributed by atoms with Crippen molar-refractivity contribution in [2.75, 3.05) is 6.54 Å². The summed E-state index contributed by atoms with van der Waals surface area (Å²) in [6.45, 7) is 0.383. The normalized spacial score (nSPS) is 16.0. The van der Waals surface area contributed by atoms with Crippen molar-refractivity contribution in [1.82, 2.24) is 9.71 Å². The highest BCUT2D eigenvalue weighted by Crippen LogP contribution is 2.22. The number of sulfonamides is 1. The van der Waals surface area contributed by atoms with Crippen LogP contribution in [0.5, 0.6) is 0 Å². The van der Waals surface area contributed by atoms with Gasteiger partial charge in [0.05, 0.1) is 5.02 Å². The molecule has 0 spiro atoms. The Morgan fingerprint density at radius 1 is 1.30 bits per heavy atom. The van der Waals surface area contributed by atoms with Crippen molar-refractivity contribution < 1.29 is 8.42 Å². The Morgan fingerprint density at radius 2 is 2.10 bits per heavy atom. The maximum Gasteiger partial charge on any atom is 0.242 e. The van der Waals surface area contributed by atoms with Crippen LogP contribution in [0, 0.1) is 0 Å². The Morgan fingerprint density at radius 3 is 2.75 bits per heavy atom. The van der Waals surface area contributed by atoms with Crippen molar-refractivity contribution in [3.05, 3.63) is 34.1 Å². The summed E-state index contributed by atoms with van der Waals surface area (Å²) in [6.07, 6.45) is 8.73. The van der Waals surface area contributed by atoms with E-state index < -0.39 is 10.0 Å². The fourth-order valence-electron chi connectivity index (χ4n) is 2.11. The van der Waals surface area contributed by atoms with Gasteiger partial charge in [0.2, 0.25) is 10.0 Å². The standard InChI is InChI=1S/C13H16Cl2N2O2S/c14-12-8-11(9-16-13(12)15)20(18,19)17-7-6-10-4-2-1-3-5-10/h4,8-9,17H,1-3,5-7H2. The van der Waals surface area contributed by atoms with Crippen LogP contribution in [0.25, 0.3) is 0 Å². The van der Waals surface area contributed by atoms with Crippen molar-refractivity contribution in [3.63, 3.8) is 0 Å². The molecule has 110 valence electrons. The zero-order valence-corrected chi connectivity index (χ0v) is 13.2. The molecule has 1 heterocycles. The number of hydrogen-bond donors (Lipinski definition) is 1. The van der Waals surface area contributed by atoms with E-state index in [1.807, 2.05) is 0 Å². The lowest BCUT2D eigenvalue weighted by Gasteiger charge is -2.13. The summed E-state index contributed by atoms with van der Waals surface area (Å²) in [6, 6.07) is 1.30. The molecule has 1 aromatic heterocycles. The maximum atomic E-state index is 12.1. The van der Waals surface area contributed by atoms with Crippen LogP contribution in [0.3, 0.4) is 0 Å². The van der Waals surface area contributed by atoms with E-state index in [0.29, 0.717) is 6.54 Å². The summed E-state index contributed by atoms with van der Waals surface area (Å²) in [7, 11) is -3.58. The molecule has 2 rings (SSSR count). The lowest BCUT2D eigenvalue weighted by molar-refractivity contribution is 0.579. The van der Waals surface area contributed by atoms with Gasteiger partial charge < -0.3 is 0 Å². The molecule has 0 radical (unpaired) electrons. The van der Waals surface area contributed by atoms with Crippen LogP contribution in [-0.2, 0) is 10.0 Å². The van der Waals surface area contributed by atoms with E-state index in [1.54, 1.807) is 0 Å². The van der Waals surface area contributed by atoms with Gasteiger partial charge in [-0.1, -0.05) is 34.9 Å². The first-order chi connectivity index (χ1) is 9.49. The Labute approximate surface area is 129 Å². The SMILES string of the molecule is O=S(=O)(NCCC1=CCCCC1)c1cnc(Cl)c(Cl)c1. The molecular formula is C13H16Cl2N2O2S. The van der Waals surface area contributed by atoms with Crippen LogP contribution in [0.1, 0.15) is 32.1 Å². The number of nitrogens with zero attached hydrogens (tertiary/aromatic N) is 1. The minimum Gasteiger partial charge on any atom is -0.242 e. The molecule has 0 fully saturated rings. The highest BCUT2D eigenvalue weighted by Gasteiger charge is 2.16. The lowest BCUT2D eigenvalue weighted by atomic mass is 9.97. The Hall–Kier alpha value is -0.620. The van der Waals surface area contributed by atoms with Gasteiger partial charge in [-0.2, -0.15) is 0 Å². The highest BCUT2D eigenvalue weighted by molar-refractivity contribution is 7.89. The number of aromatic nitrogens is 1. The third kappa shape index (κ3) is 4.19. The summed E-state index contributed by atoms with van der Waals surface area (Å²) < 4.78 is 26.7. The lowest BCUT2D eigenvalue weighted by Crippen LogP contribution is -2.25. The second-order valence-electron chi connectivity index (χ2n) is 4.70. The first-order valence-electron chi connectivity index (χ1n) is 6.47. The summed E-state index contributed by atoms with van der Waals surface area (Å²) in [4.78, 5) is 3.78. The van der Waals surface area contributed by atoms with Gasteiger partial charge in [0.1, 0.15) is 10.0 Å². The van der Waals surface area contributed by atoms with E-state index in [4.69, 9.17) is 23.2 Å². The first-order valence-corrected chi connectivity index (χ1v) is 8.71. The Bertz CT molecular complexity index is 615. The van der Waals surface area contributed by atoms with Crippen molar-refractivity contribution in [3.8, 4) is 0 Å². The van der Waals surface area contributed by atoms with Crippen LogP contribution in [0.4, 0.5) is 0 Å². The van der Waals surface area contributed by atoms with Crippen LogP contribution in [-0.4, -0.2) is 19.9 Å². The summed E-state index contributed by atoms with van der Waals surface area (Å²) in [5, 5.41) is 0.225. The van der Waals surface area contributed by atoms with Gasteiger partial charge in [0, 0.05) is 12.7 Å². The predicted octanol–water partition coefficient (Wildman–Crippen LogP) is 3.56. The number of rotatable bonds is 5. The van der Waals surface area contributed by atoms with Gasteiger partial charge in [-0.25, -0.2) is 18.1 Å². The maximum absolute atomic E-state index is 12.1. The van der Waals surface area contributed by atoms with E-state index in [0.717, 1.165) is 19.3 Å². The van der Waals surface area contributed by atoms with Crippen LogP contribution in [0.2, 0.25) is 10.2 Å². The minimum atomic E-state index is -3.58. The summed E-state index contributed by atoms with van der Waals surface area (Å²) in [5.74, 6) is 0. The molecule has 7 heteroatoms. The van der Waals surface area contributed by atoms with E-state index in [-0.39, 0.29) is 15.1 Å². The van der Waals surface area contributed by atoms with Gasteiger partial charge in [-0.3, -0.25) is 0 Å². The number of nitrogens with one attached hydrogen (secondary N) is 1. The second-order valence-corrected chi connectivity index (χ2v) is 7.23. The van der Waals surface area contributed by atoms with E-state index in [2.05, 4.69) is 15.8 Å². The van der Waals surface area contributed by atoms with Gasteiger partial charge in [0.15, 0.2) is 0 Å². The average molecular weight is 335 g/mol. The molecule has 0 aliphatic heterocycles. The van der Waals surface area contributed by atoms with Crippen LogP contribution >= 0.6 is 23.2 Å². The van der Waals surface area contributed by atoms with Gasteiger partial charge in [0.25, 0.3) is 0 Å². The van der Waals surface area contributed by atoms with Crippen molar-refractivity contribution >= 4 is 33.2 Å². The first kappa shape index (κ1) is 15.8. The number of pyridine rings is 1. The predicted molar refractivity (Wildman–Crippen MR) is 80.6 cm³/mol. The molecule has 1 aromatic rings. The molecule has 0 unspecified atom stereocenters. The summed E-state index contributed by atoms with van der Waals surface area (Å²) >= 11 is 11.5. The number of hydrogen-bond acceptors (Lipinski definition) is 3. The smallest absolute Gasteiger partial charge is 0.242 e. The molecule has 0 saturated heterocycles. The molecule has 1 aliphatic rings. The molecule has 1 N–H and O–H groups in total. The zero-order chi connectivity index (χ0) is 14.6. The van der Waals surface area contributed by atoms with Crippen LogP contribution in [0.15, 0.2) is 28.8 Å². The number of halogens is 2. The van der Waals surface area contributed by atoms with Crippen molar-refractivity contribution in [1.29, 1.82) is 0 Å². The molecule has 1 aliphatic carbocycles. The monoisotopic (exact) mass is 334 g/mol. The molecule has 0 bridgehead atoms.